The molecule has 2 aromatic carbocycles. The maximum atomic E-state index is 12.8. The fourth-order valence-corrected chi connectivity index (χ4v) is 3.67. The number of rotatable bonds is 5. The van der Waals surface area contributed by atoms with Gasteiger partial charge in [-0.2, -0.15) is 13.7 Å². The molecule has 1 aliphatic rings. The number of ether oxygens (including phenoxy) is 2. The molecule has 0 unspecified atom stereocenters. The van der Waals surface area contributed by atoms with Crippen LogP contribution in [-0.2, 0) is 15.0 Å². The Labute approximate surface area is 174 Å². The van der Waals surface area contributed by atoms with Crippen molar-refractivity contribution in [3.63, 3.8) is 0 Å². The van der Waals surface area contributed by atoms with Crippen molar-refractivity contribution in [1.82, 2.24) is 4.31 Å². The highest BCUT2D eigenvalue weighted by Gasteiger charge is 2.30. The average Bonchev–Trinajstić information content (AvgIpc) is 2.74. The second-order valence-electron chi connectivity index (χ2n) is 6.17. The molecule has 0 bridgehead atoms. The van der Waals surface area contributed by atoms with Crippen LogP contribution in [0, 0.1) is 11.3 Å². The van der Waals surface area contributed by atoms with Crippen molar-refractivity contribution in [2.45, 2.75) is 0 Å². The minimum absolute atomic E-state index is 0.0741. The number of carbonyl (C=O) groups is 1. The third kappa shape index (κ3) is 4.11. The number of hydrogen-bond donors (Lipinski definition) is 1. The van der Waals surface area contributed by atoms with Crippen LogP contribution in [0.15, 0.2) is 58.6 Å². The summed E-state index contributed by atoms with van der Waals surface area (Å²) < 4.78 is 40.1. The van der Waals surface area contributed by atoms with Gasteiger partial charge >= 0.3 is 10.2 Å². The molecule has 0 aliphatic carbocycles. The molecular weight excluding hydrogens is 408 g/mol. The summed E-state index contributed by atoms with van der Waals surface area (Å²) in [6.45, 7) is 0. The second kappa shape index (κ2) is 8.26. The van der Waals surface area contributed by atoms with Crippen LogP contribution >= 0.6 is 0 Å². The fraction of sp³-hybridized carbons (Fsp3) is 0.150. The van der Waals surface area contributed by atoms with Crippen LogP contribution in [0.1, 0.15) is 11.1 Å². The maximum absolute atomic E-state index is 12.8. The highest BCUT2D eigenvalue weighted by molar-refractivity contribution is 7.88. The summed E-state index contributed by atoms with van der Waals surface area (Å²) in [5.74, 6) is 0.197. The molecule has 9 nitrogen and oxygen atoms in total. The summed E-state index contributed by atoms with van der Waals surface area (Å²) in [6.07, 6.45) is 1.37. The predicted octanol–water partition coefficient (Wildman–Crippen LogP) is 2.08. The number of nitrogens with one attached hydrogen (secondary N) is 1. The highest BCUT2D eigenvalue weighted by Crippen LogP contribution is 2.29. The van der Waals surface area contributed by atoms with Crippen LogP contribution < -0.4 is 14.8 Å². The van der Waals surface area contributed by atoms with Crippen molar-refractivity contribution in [2.24, 2.45) is 4.40 Å². The quantitative estimate of drug-likeness (QED) is 0.781. The van der Waals surface area contributed by atoms with Gasteiger partial charge in [0, 0.05) is 18.3 Å². The van der Waals surface area contributed by atoms with Crippen LogP contribution in [0.3, 0.4) is 0 Å². The van der Waals surface area contributed by atoms with E-state index in [0.29, 0.717) is 28.3 Å². The van der Waals surface area contributed by atoms with Gasteiger partial charge in [-0.25, -0.2) is 4.31 Å². The van der Waals surface area contributed by atoms with Gasteiger partial charge in [0.15, 0.2) is 11.5 Å². The number of benzene rings is 2. The monoisotopic (exact) mass is 426 g/mol. The summed E-state index contributed by atoms with van der Waals surface area (Å²) in [4.78, 5) is 12.8. The molecule has 0 aromatic heterocycles. The molecule has 0 spiro atoms. The van der Waals surface area contributed by atoms with Gasteiger partial charge in [-0.3, -0.25) is 4.79 Å². The molecule has 154 valence electrons. The molecule has 0 fully saturated rings. The first-order valence-electron chi connectivity index (χ1n) is 8.63. The van der Waals surface area contributed by atoms with E-state index in [0.717, 1.165) is 4.31 Å². The van der Waals surface area contributed by atoms with E-state index in [1.165, 1.54) is 33.4 Å². The van der Waals surface area contributed by atoms with Crippen LogP contribution in [0.2, 0.25) is 0 Å². The summed E-state index contributed by atoms with van der Waals surface area (Å²) in [5.41, 5.74) is 1.10. The van der Waals surface area contributed by atoms with Gasteiger partial charge in [0.25, 0.3) is 5.91 Å². The molecule has 1 aliphatic heterocycles. The van der Waals surface area contributed by atoms with E-state index >= 15 is 0 Å². The fourth-order valence-electron chi connectivity index (χ4n) is 2.76. The van der Waals surface area contributed by atoms with Gasteiger partial charge < -0.3 is 14.8 Å². The van der Waals surface area contributed by atoms with Crippen molar-refractivity contribution in [3.05, 3.63) is 65.4 Å². The largest absolute Gasteiger partial charge is 0.493 e. The first-order chi connectivity index (χ1) is 14.3. The van der Waals surface area contributed by atoms with E-state index < -0.39 is 16.1 Å². The number of anilines is 1. The van der Waals surface area contributed by atoms with E-state index in [4.69, 9.17) is 14.7 Å². The van der Waals surface area contributed by atoms with Crippen LogP contribution in [0.4, 0.5) is 5.69 Å². The molecule has 1 N–H and O–H groups in total. The van der Waals surface area contributed by atoms with E-state index in [9.17, 15) is 13.2 Å². The zero-order valence-electron chi connectivity index (χ0n) is 16.4. The Balaban J connectivity index is 2.00. The Morgan fingerprint density at radius 1 is 1.13 bits per heavy atom. The lowest BCUT2D eigenvalue weighted by atomic mass is 10.1. The van der Waals surface area contributed by atoms with Gasteiger partial charge in [0.1, 0.15) is 5.70 Å². The topological polar surface area (TPSA) is 121 Å². The van der Waals surface area contributed by atoms with E-state index in [1.807, 2.05) is 6.07 Å². The maximum Gasteiger partial charge on any atom is 0.345 e. The first kappa shape index (κ1) is 20.9. The number of hydrogen-bond acceptors (Lipinski definition) is 6. The minimum Gasteiger partial charge on any atom is -0.493 e. The Kier molecular flexibility index (Phi) is 5.75. The molecule has 0 radical (unpaired) electrons. The van der Waals surface area contributed by atoms with Crippen molar-refractivity contribution < 1.29 is 22.7 Å². The Morgan fingerprint density at radius 3 is 2.53 bits per heavy atom. The van der Waals surface area contributed by atoms with Crippen molar-refractivity contribution >= 4 is 27.5 Å². The van der Waals surface area contributed by atoms with E-state index in [1.54, 1.807) is 36.4 Å². The standard InChI is InChI=1S/C20H18N4O5S/c1-24-17(20(25)22-15-6-4-5-13(9-15)12-21)11-16(23-30(24,26)27)14-7-8-18(28-2)19(10-14)29-3/h4-11H,1-3H3,(H,22,25). The Hall–Kier alpha value is -3.84. The number of nitrogens with zero attached hydrogens (tertiary/aromatic N) is 3. The predicted molar refractivity (Wildman–Crippen MR) is 111 cm³/mol. The molecule has 2 aromatic rings. The number of methoxy groups -OCH3 is 2. The molecule has 1 amide bonds. The average molecular weight is 426 g/mol. The molecule has 0 saturated heterocycles. The number of amides is 1. The van der Waals surface area contributed by atoms with E-state index in [2.05, 4.69) is 9.71 Å². The number of likely N-dealkylation sites (N-methyl/N-ethyl adjacent to an activating group) is 1. The summed E-state index contributed by atoms with van der Waals surface area (Å²) in [5, 5.41) is 11.6. The summed E-state index contributed by atoms with van der Waals surface area (Å²) in [6, 6.07) is 13.1. The first-order valence-corrected chi connectivity index (χ1v) is 10.0. The molecule has 3 rings (SSSR count). The van der Waals surface area contributed by atoms with Crippen LogP contribution in [0.5, 0.6) is 11.5 Å². The van der Waals surface area contributed by atoms with Gasteiger partial charge in [-0.1, -0.05) is 6.07 Å². The van der Waals surface area contributed by atoms with Crippen LogP contribution in [0.25, 0.3) is 0 Å². The second-order valence-corrected chi connectivity index (χ2v) is 7.79. The van der Waals surface area contributed by atoms with Crippen molar-refractivity contribution in [2.75, 3.05) is 26.6 Å². The van der Waals surface area contributed by atoms with Gasteiger partial charge in [-0.15, -0.1) is 4.40 Å². The van der Waals surface area contributed by atoms with Gasteiger partial charge in [0.05, 0.1) is 31.6 Å². The third-order valence-corrected chi connectivity index (χ3v) is 5.65. The van der Waals surface area contributed by atoms with Gasteiger partial charge in [0.2, 0.25) is 0 Å². The highest BCUT2D eigenvalue weighted by atomic mass is 32.2. The van der Waals surface area contributed by atoms with Crippen molar-refractivity contribution in [1.29, 1.82) is 5.26 Å². The lowest BCUT2D eigenvalue weighted by molar-refractivity contribution is -0.113. The zero-order valence-corrected chi connectivity index (χ0v) is 17.2. The lowest BCUT2D eigenvalue weighted by Crippen LogP contribution is -2.35. The molecule has 30 heavy (non-hydrogen) atoms. The molecular formula is C20H18N4O5S. The SMILES string of the molecule is COc1ccc(C2=NS(=O)(=O)N(C)C(C(=O)Nc3cccc(C#N)c3)=C2)cc1OC. The number of nitriles is 1. The van der Waals surface area contributed by atoms with E-state index in [-0.39, 0.29) is 11.4 Å². The molecule has 0 saturated carbocycles. The molecule has 1 heterocycles. The number of carbonyl (C=O) groups excluding carboxylic acids is 1. The summed E-state index contributed by atoms with van der Waals surface area (Å²) >= 11 is 0. The Morgan fingerprint density at radius 2 is 1.87 bits per heavy atom. The van der Waals surface area contributed by atoms with Gasteiger partial charge in [-0.05, 0) is 42.5 Å². The summed E-state index contributed by atoms with van der Waals surface area (Å²) in [7, 11) is 0.0540. The van der Waals surface area contributed by atoms with Crippen LogP contribution in [-0.4, -0.2) is 45.6 Å². The molecule has 0 atom stereocenters. The molecule has 10 heteroatoms. The minimum atomic E-state index is -4.13. The third-order valence-electron chi connectivity index (χ3n) is 4.33. The smallest absolute Gasteiger partial charge is 0.345 e. The lowest BCUT2D eigenvalue weighted by Gasteiger charge is -2.23. The zero-order chi connectivity index (χ0) is 21.9. The van der Waals surface area contributed by atoms with Crippen molar-refractivity contribution in [3.8, 4) is 17.6 Å². The normalized spacial score (nSPS) is 14.8. The Bertz CT molecular complexity index is 1210. The number of allylic oxidation sites excluding steroid dienone is 1.